The Morgan fingerprint density at radius 3 is 2.63 bits per heavy atom. The van der Waals surface area contributed by atoms with E-state index >= 15 is 0 Å². The Bertz CT molecular complexity index is 463. The lowest BCUT2D eigenvalue weighted by atomic mass is 10.1. The van der Waals surface area contributed by atoms with Gasteiger partial charge in [0.1, 0.15) is 0 Å². The Labute approximate surface area is 116 Å². The number of halogens is 4. The minimum absolute atomic E-state index is 0.0482. The first-order chi connectivity index (χ1) is 8.70. The highest BCUT2D eigenvalue weighted by molar-refractivity contribution is 9.10. The smallest absolute Gasteiger partial charge is 0.418 e. The Balaban J connectivity index is 2.81. The van der Waals surface area contributed by atoms with Crippen LogP contribution in [0.3, 0.4) is 0 Å². The van der Waals surface area contributed by atoms with Crippen LogP contribution in [0.4, 0.5) is 18.9 Å². The monoisotopic (exact) mass is 339 g/mol. The van der Waals surface area contributed by atoms with E-state index in [4.69, 9.17) is 5.11 Å². The van der Waals surface area contributed by atoms with Gasteiger partial charge in [-0.3, -0.25) is 4.79 Å². The number of benzene rings is 1. The molecule has 0 saturated carbocycles. The summed E-state index contributed by atoms with van der Waals surface area (Å²) in [5.74, 6) is -1.23. The van der Waals surface area contributed by atoms with Crippen LogP contribution in [-0.2, 0) is 11.0 Å². The molecule has 1 unspecified atom stereocenters. The van der Waals surface area contributed by atoms with Gasteiger partial charge in [0.05, 0.1) is 5.56 Å². The fourth-order valence-corrected chi connectivity index (χ4v) is 1.92. The quantitative estimate of drug-likeness (QED) is 0.852. The van der Waals surface area contributed by atoms with Gasteiger partial charge in [0, 0.05) is 23.1 Å². The number of carbonyl (C=O) groups is 1. The van der Waals surface area contributed by atoms with Crippen molar-refractivity contribution in [3.05, 3.63) is 28.2 Å². The molecule has 0 aromatic heterocycles. The van der Waals surface area contributed by atoms with Crippen molar-refractivity contribution in [2.75, 3.05) is 11.9 Å². The lowest BCUT2D eigenvalue weighted by Crippen LogP contribution is -2.17. The summed E-state index contributed by atoms with van der Waals surface area (Å²) in [4.78, 5) is 10.5. The summed E-state index contributed by atoms with van der Waals surface area (Å²) >= 11 is 3.00. The lowest BCUT2D eigenvalue weighted by molar-refractivity contribution is -0.138. The maximum atomic E-state index is 12.8. The van der Waals surface area contributed by atoms with Crippen molar-refractivity contribution in [3.63, 3.8) is 0 Å². The van der Waals surface area contributed by atoms with Gasteiger partial charge < -0.3 is 10.4 Å². The molecule has 1 atom stereocenters. The van der Waals surface area contributed by atoms with E-state index in [1.54, 1.807) is 6.92 Å². The minimum atomic E-state index is -4.46. The molecule has 0 fully saturated rings. The zero-order valence-corrected chi connectivity index (χ0v) is 11.7. The van der Waals surface area contributed by atoms with Gasteiger partial charge in [0.2, 0.25) is 0 Å². The average molecular weight is 340 g/mol. The van der Waals surface area contributed by atoms with Crippen molar-refractivity contribution in [3.8, 4) is 0 Å². The summed E-state index contributed by atoms with van der Waals surface area (Å²) in [6.45, 7) is 1.82. The largest absolute Gasteiger partial charge is 0.481 e. The molecule has 0 radical (unpaired) electrons. The van der Waals surface area contributed by atoms with E-state index in [0.29, 0.717) is 4.47 Å². The molecule has 1 rings (SSSR count). The maximum absolute atomic E-state index is 12.8. The second kappa shape index (κ2) is 6.27. The highest BCUT2D eigenvalue weighted by Gasteiger charge is 2.33. The van der Waals surface area contributed by atoms with Crippen molar-refractivity contribution < 1.29 is 23.1 Å². The summed E-state index contributed by atoms with van der Waals surface area (Å²) in [5.41, 5.74) is -0.822. The maximum Gasteiger partial charge on any atom is 0.418 e. The SMILES string of the molecule is CC(CNc1ccc(Br)cc1C(F)(F)F)CC(=O)O. The molecule has 0 amide bonds. The van der Waals surface area contributed by atoms with E-state index in [1.807, 2.05) is 0 Å². The summed E-state index contributed by atoms with van der Waals surface area (Å²) in [5, 5.41) is 11.2. The first-order valence-electron chi connectivity index (χ1n) is 5.52. The van der Waals surface area contributed by atoms with Gasteiger partial charge >= 0.3 is 12.1 Å². The first kappa shape index (κ1) is 15.8. The van der Waals surface area contributed by atoms with Gasteiger partial charge in [0.25, 0.3) is 0 Å². The van der Waals surface area contributed by atoms with Gasteiger partial charge in [-0.2, -0.15) is 13.2 Å². The number of carboxylic acid groups (broad SMARTS) is 1. The summed E-state index contributed by atoms with van der Waals surface area (Å²) in [6, 6.07) is 3.81. The van der Waals surface area contributed by atoms with Crippen molar-refractivity contribution in [2.24, 2.45) is 5.92 Å². The molecule has 2 N–H and O–H groups in total. The van der Waals surface area contributed by atoms with Crippen LogP contribution in [0.2, 0.25) is 0 Å². The average Bonchev–Trinajstić information content (AvgIpc) is 2.25. The van der Waals surface area contributed by atoms with Crippen molar-refractivity contribution in [1.29, 1.82) is 0 Å². The Morgan fingerprint density at radius 1 is 1.47 bits per heavy atom. The van der Waals surface area contributed by atoms with Gasteiger partial charge in [-0.25, -0.2) is 0 Å². The molecular weight excluding hydrogens is 327 g/mol. The molecule has 0 saturated heterocycles. The number of hydrogen-bond acceptors (Lipinski definition) is 2. The Kier molecular flexibility index (Phi) is 5.22. The third-order valence-electron chi connectivity index (χ3n) is 2.45. The van der Waals surface area contributed by atoms with Gasteiger partial charge in [-0.1, -0.05) is 22.9 Å². The van der Waals surface area contributed by atoms with Crippen LogP contribution in [0, 0.1) is 5.92 Å². The number of aliphatic carboxylic acids is 1. The number of hydrogen-bond donors (Lipinski definition) is 2. The zero-order valence-electron chi connectivity index (χ0n) is 10.1. The molecular formula is C12H13BrF3NO2. The fourth-order valence-electron chi connectivity index (χ4n) is 1.56. The highest BCUT2D eigenvalue weighted by Crippen LogP contribution is 2.36. The second-order valence-corrected chi connectivity index (χ2v) is 5.19. The van der Waals surface area contributed by atoms with Crippen LogP contribution >= 0.6 is 15.9 Å². The van der Waals surface area contributed by atoms with E-state index in [9.17, 15) is 18.0 Å². The van der Waals surface area contributed by atoms with Crippen LogP contribution in [-0.4, -0.2) is 17.6 Å². The predicted octanol–water partition coefficient (Wildman–Crippen LogP) is 3.99. The summed E-state index contributed by atoms with van der Waals surface area (Å²) in [6.07, 6.45) is -4.55. The molecule has 0 spiro atoms. The number of alkyl halides is 3. The van der Waals surface area contributed by atoms with Crippen LogP contribution in [0.15, 0.2) is 22.7 Å². The van der Waals surface area contributed by atoms with Crippen LogP contribution < -0.4 is 5.32 Å². The standard InChI is InChI=1S/C12H13BrF3NO2/c1-7(4-11(18)19)6-17-10-3-2-8(13)5-9(10)12(14,15)16/h2-3,5,7,17H,4,6H2,1H3,(H,18,19). The van der Waals surface area contributed by atoms with E-state index < -0.39 is 17.7 Å². The zero-order chi connectivity index (χ0) is 14.6. The summed E-state index contributed by atoms with van der Waals surface area (Å²) in [7, 11) is 0. The molecule has 0 bridgehead atoms. The molecule has 3 nitrogen and oxygen atoms in total. The third-order valence-corrected chi connectivity index (χ3v) is 2.94. The van der Waals surface area contributed by atoms with E-state index in [1.165, 1.54) is 12.1 Å². The summed E-state index contributed by atoms with van der Waals surface area (Å²) < 4.78 is 38.8. The second-order valence-electron chi connectivity index (χ2n) is 4.27. The minimum Gasteiger partial charge on any atom is -0.481 e. The third kappa shape index (κ3) is 5.10. The van der Waals surface area contributed by atoms with Crippen LogP contribution in [0.1, 0.15) is 18.9 Å². The number of carboxylic acids is 1. The molecule has 1 aromatic carbocycles. The van der Waals surface area contributed by atoms with Crippen LogP contribution in [0.25, 0.3) is 0 Å². The Hall–Kier alpha value is -1.24. The predicted molar refractivity (Wildman–Crippen MR) is 69.1 cm³/mol. The van der Waals surface area contributed by atoms with Gasteiger partial charge in [-0.15, -0.1) is 0 Å². The molecule has 0 aliphatic rings. The first-order valence-corrected chi connectivity index (χ1v) is 6.32. The van der Waals surface area contributed by atoms with E-state index in [-0.39, 0.29) is 24.6 Å². The molecule has 0 aliphatic carbocycles. The van der Waals surface area contributed by atoms with Gasteiger partial charge in [0.15, 0.2) is 0 Å². The number of rotatable bonds is 5. The topological polar surface area (TPSA) is 49.3 Å². The molecule has 0 aliphatic heterocycles. The van der Waals surface area contributed by atoms with Crippen molar-refractivity contribution in [1.82, 2.24) is 0 Å². The fraction of sp³-hybridized carbons (Fsp3) is 0.417. The number of nitrogens with one attached hydrogen (secondary N) is 1. The highest BCUT2D eigenvalue weighted by atomic mass is 79.9. The number of anilines is 1. The van der Waals surface area contributed by atoms with Crippen LogP contribution in [0.5, 0.6) is 0 Å². The van der Waals surface area contributed by atoms with Crippen molar-refractivity contribution >= 4 is 27.6 Å². The normalized spacial score (nSPS) is 13.1. The molecule has 1 aromatic rings. The Morgan fingerprint density at radius 2 is 2.11 bits per heavy atom. The van der Waals surface area contributed by atoms with E-state index in [0.717, 1.165) is 6.07 Å². The molecule has 106 valence electrons. The molecule has 19 heavy (non-hydrogen) atoms. The molecule has 7 heteroatoms. The lowest BCUT2D eigenvalue weighted by Gasteiger charge is -2.17. The molecule has 0 heterocycles. The van der Waals surface area contributed by atoms with E-state index in [2.05, 4.69) is 21.2 Å². The van der Waals surface area contributed by atoms with Crippen molar-refractivity contribution in [2.45, 2.75) is 19.5 Å². The van der Waals surface area contributed by atoms with Gasteiger partial charge in [-0.05, 0) is 24.1 Å².